The van der Waals surface area contributed by atoms with Crippen LogP contribution in [0.15, 0.2) is 18.2 Å². The molecule has 0 heterocycles. The van der Waals surface area contributed by atoms with Crippen LogP contribution in [0.5, 0.6) is 0 Å². The molecule has 0 aliphatic heterocycles. The van der Waals surface area contributed by atoms with Crippen LogP contribution in [0.2, 0.25) is 0 Å². The molecular formula is C10H10F2O. The van der Waals surface area contributed by atoms with E-state index in [1.807, 2.05) is 0 Å². The summed E-state index contributed by atoms with van der Waals surface area (Å²) >= 11 is 0. The molecule has 0 saturated heterocycles. The van der Waals surface area contributed by atoms with Gasteiger partial charge in [0.1, 0.15) is 11.6 Å². The summed E-state index contributed by atoms with van der Waals surface area (Å²) in [4.78, 5) is 0. The van der Waals surface area contributed by atoms with Crippen molar-refractivity contribution >= 4 is 0 Å². The average molecular weight is 184 g/mol. The van der Waals surface area contributed by atoms with Crippen molar-refractivity contribution in [2.24, 2.45) is 5.92 Å². The Morgan fingerprint density at radius 3 is 2.69 bits per heavy atom. The zero-order valence-electron chi connectivity index (χ0n) is 7.00. The van der Waals surface area contributed by atoms with Crippen LogP contribution >= 0.6 is 0 Å². The maximum absolute atomic E-state index is 13.1. The largest absolute Gasteiger partial charge is 0.396 e. The topological polar surface area (TPSA) is 20.2 Å². The molecule has 3 heteroatoms. The summed E-state index contributed by atoms with van der Waals surface area (Å²) in [6.07, 6.45) is 0.805. The van der Waals surface area contributed by atoms with Crippen LogP contribution in [0, 0.1) is 17.6 Å². The van der Waals surface area contributed by atoms with E-state index in [9.17, 15) is 8.78 Å². The molecule has 1 N–H and O–H groups in total. The third kappa shape index (κ3) is 1.56. The van der Waals surface area contributed by atoms with Crippen molar-refractivity contribution in [3.63, 3.8) is 0 Å². The van der Waals surface area contributed by atoms with E-state index in [0.29, 0.717) is 5.56 Å². The molecular weight excluding hydrogens is 174 g/mol. The molecule has 1 aromatic rings. The van der Waals surface area contributed by atoms with E-state index < -0.39 is 11.6 Å². The van der Waals surface area contributed by atoms with E-state index in [2.05, 4.69) is 0 Å². The van der Waals surface area contributed by atoms with Crippen LogP contribution in [-0.4, -0.2) is 11.7 Å². The smallest absolute Gasteiger partial charge is 0.129 e. The molecule has 1 fully saturated rings. The molecule has 1 nitrogen and oxygen atoms in total. The summed E-state index contributed by atoms with van der Waals surface area (Å²) in [5.74, 6) is -0.797. The summed E-state index contributed by atoms with van der Waals surface area (Å²) < 4.78 is 25.7. The van der Waals surface area contributed by atoms with Gasteiger partial charge in [0.2, 0.25) is 0 Å². The van der Waals surface area contributed by atoms with Crippen molar-refractivity contribution in [2.45, 2.75) is 12.3 Å². The highest BCUT2D eigenvalue weighted by molar-refractivity contribution is 5.27. The molecule has 13 heavy (non-hydrogen) atoms. The van der Waals surface area contributed by atoms with E-state index in [1.165, 1.54) is 12.1 Å². The number of benzene rings is 1. The zero-order chi connectivity index (χ0) is 9.42. The van der Waals surface area contributed by atoms with Gasteiger partial charge in [0, 0.05) is 12.7 Å². The Labute approximate surface area is 75.0 Å². The second kappa shape index (κ2) is 3.07. The number of aliphatic hydroxyl groups is 1. The van der Waals surface area contributed by atoms with Gasteiger partial charge in [0.05, 0.1) is 0 Å². The van der Waals surface area contributed by atoms with Crippen molar-refractivity contribution in [3.8, 4) is 0 Å². The Morgan fingerprint density at radius 2 is 2.15 bits per heavy atom. The number of aliphatic hydroxyl groups excluding tert-OH is 1. The zero-order valence-corrected chi connectivity index (χ0v) is 7.00. The molecule has 0 aromatic heterocycles. The van der Waals surface area contributed by atoms with E-state index >= 15 is 0 Å². The van der Waals surface area contributed by atoms with Gasteiger partial charge in [0.15, 0.2) is 0 Å². The van der Waals surface area contributed by atoms with Crippen molar-refractivity contribution in [2.75, 3.05) is 6.61 Å². The molecule has 2 atom stereocenters. The van der Waals surface area contributed by atoms with E-state index in [1.54, 1.807) is 0 Å². The normalized spacial score (nSPS) is 26.1. The summed E-state index contributed by atoms with van der Waals surface area (Å²) in [7, 11) is 0. The van der Waals surface area contributed by atoms with Crippen molar-refractivity contribution in [1.82, 2.24) is 0 Å². The van der Waals surface area contributed by atoms with Gasteiger partial charge in [-0.15, -0.1) is 0 Å². The third-order valence-corrected chi connectivity index (χ3v) is 2.52. The maximum Gasteiger partial charge on any atom is 0.129 e. The van der Waals surface area contributed by atoms with Crippen molar-refractivity contribution < 1.29 is 13.9 Å². The molecule has 0 amide bonds. The van der Waals surface area contributed by atoms with Gasteiger partial charge in [0.25, 0.3) is 0 Å². The molecule has 70 valence electrons. The lowest BCUT2D eigenvalue weighted by molar-refractivity contribution is 0.273. The highest BCUT2D eigenvalue weighted by Crippen LogP contribution is 2.47. The van der Waals surface area contributed by atoms with Gasteiger partial charge in [-0.2, -0.15) is 0 Å². The lowest BCUT2D eigenvalue weighted by Gasteiger charge is -2.00. The second-order valence-corrected chi connectivity index (χ2v) is 3.45. The Bertz CT molecular complexity index is 325. The molecule has 0 bridgehead atoms. The molecule has 2 unspecified atom stereocenters. The number of halogens is 2. The third-order valence-electron chi connectivity index (χ3n) is 2.52. The molecule has 0 spiro atoms. The summed E-state index contributed by atoms with van der Waals surface area (Å²) in [5.41, 5.74) is 0.528. The summed E-state index contributed by atoms with van der Waals surface area (Å²) in [5, 5.41) is 8.79. The summed E-state index contributed by atoms with van der Waals surface area (Å²) in [6.45, 7) is 0.0848. The standard InChI is InChI=1S/C10H10F2O/c11-7-1-2-8(10(12)4-7)9-3-6(9)5-13/h1-2,4,6,9,13H,3,5H2. The lowest BCUT2D eigenvalue weighted by atomic mass is 10.1. The minimum atomic E-state index is -0.553. The predicted octanol–water partition coefficient (Wildman–Crippen LogP) is 2.06. The molecule has 1 aromatic carbocycles. The van der Waals surface area contributed by atoms with Gasteiger partial charge >= 0.3 is 0 Å². The van der Waals surface area contributed by atoms with Gasteiger partial charge < -0.3 is 5.11 Å². The van der Waals surface area contributed by atoms with Crippen LogP contribution in [0.3, 0.4) is 0 Å². The molecule has 1 aliphatic carbocycles. The second-order valence-electron chi connectivity index (χ2n) is 3.45. The van der Waals surface area contributed by atoms with Crippen molar-refractivity contribution in [1.29, 1.82) is 0 Å². The highest BCUT2D eigenvalue weighted by Gasteiger charge is 2.39. The van der Waals surface area contributed by atoms with E-state index in [4.69, 9.17) is 5.11 Å². The van der Waals surface area contributed by atoms with Crippen LogP contribution in [-0.2, 0) is 0 Å². The molecule has 0 radical (unpaired) electrons. The number of hydrogen-bond donors (Lipinski definition) is 1. The highest BCUT2D eigenvalue weighted by atomic mass is 19.1. The van der Waals surface area contributed by atoms with E-state index in [-0.39, 0.29) is 18.4 Å². The van der Waals surface area contributed by atoms with Crippen LogP contribution in [0.1, 0.15) is 17.9 Å². The first kappa shape index (κ1) is 8.63. The molecule has 1 aliphatic rings. The number of hydrogen-bond acceptors (Lipinski definition) is 1. The lowest BCUT2D eigenvalue weighted by Crippen LogP contribution is -1.93. The summed E-state index contributed by atoms with van der Waals surface area (Å²) in [6, 6.07) is 3.61. The fourth-order valence-corrected chi connectivity index (χ4v) is 1.63. The fraction of sp³-hybridized carbons (Fsp3) is 0.400. The molecule has 1 saturated carbocycles. The van der Waals surface area contributed by atoms with Crippen LogP contribution in [0.4, 0.5) is 8.78 Å². The number of rotatable bonds is 2. The Kier molecular flexibility index (Phi) is 2.04. The SMILES string of the molecule is OCC1CC1c1ccc(F)cc1F. The van der Waals surface area contributed by atoms with Crippen molar-refractivity contribution in [3.05, 3.63) is 35.4 Å². The Morgan fingerprint density at radius 1 is 1.38 bits per heavy atom. The first-order valence-electron chi connectivity index (χ1n) is 4.28. The predicted molar refractivity (Wildman–Crippen MR) is 44.3 cm³/mol. The minimum absolute atomic E-state index is 0.0848. The van der Waals surface area contributed by atoms with Gasteiger partial charge in [-0.25, -0.2) is 8.78 Å². The Hall–Kier alpha value is -0.960. The van der Waals surface area contributed by atoms with E-state index in [0.717, 1.165) is 12.5 Å². The van der Waals surface area contributed by atoms with Gasteiger partial charge in [-0.1, -0.05) is 6.07 Å². The molecule has 2 rings (SSSR count). The first-order chi connectivity index (χ1) is 6.22. The monoisotopic (exact) mass is 184 g/mol. The first-order valence-corrected chi connectivity index (χ1v) is 4.28. The van der Waals surface area contributed by atoms with Gasteiger partial charge in [-0.3, -0.25) is 0 Å². The van der Waals surface area contributed by atoms with Gasteiger partial charge in [-0.05, 0) is 29.9 Å². The quantitative estimate of drug-likeness (QED) is 0.745. The minimum Gasteiger partial charge on any atom is -0.396 e. The van der Waals surface area contributed by atoms with Crippen LogP contribution in [0.25, 0.3) is 0 Å². The average Bonchev–Trinajstić information content (AvgIpc) is 2.83. The fourth-order valence-electron chi connectivity index (χ4n) is 1.63. The van der Waals surface area contributed by atoms with Crippen LogP contribution < -0.4 is 0 Å². The Balaban J connectivity index is 2.22. The maximum atomic E-state index is 13.1.